The highest BCUT2D eigenvalue weighted by atomic mass is 16.5. The molecule has 3 nitrogen and oxygen atoms in total. The second kappa shape index (κ2) is 6.68. The van der Waals surface area contributed by atoms with E-state index in [2.05, 4.69) is 13.0 Å². The number of methoxy groups -OCH3 is 1. The molecule has 2 aromatic rings. The number of aryl methyl sites for hydroxylation is 1. The molecule has 0 fully saturated rings. The smallest absolute Gasteiger partial charge is 0.228 e. The van der Waals surface area contributed by atoms with Gasteiger partial charge in [0.05, 0.1) is 7.11 Å². The van der Waals surface area contributed by atoms with E-state index in [9.17, 15) is 4.79 Å². The van der Waals surface area contributed by atoms with Gasteiger partial charge in [0.2, 0.25) is 5.78 Å². The molecule has 0 unspecified atom stereocenters. The Balaban J connectivity index is 1.85. The minimum Gasteiger partial charge on any atom is -0.493 e. The Morgan fingerprint density at radius 2 is 1.81 bits per heavy atom. The van der Waals surface area contributed by atoms with Gasteiger partial charge in [-0.05, 0) is 41.3 Å². The van der Waals surface area contributed by atoms with Crippen LogP contribution in [0.1, 0.15) is 35.0 Å². The number of para-hydroxylation sites is 1. The summed E-state index contributed by atoms with van der Waals surface area (Å²) >= 11 is 0. The number of hydrogen-bond donors (Lipinski definition) is 0. The number of ketones is 1. The number of rotatable bonds is 5. The van der Waals surface area contributed by atoms with Gasteiger partial charge in [-0.2, -0.15) is 0 Å². The molecule has 0 N–H and O–H groups in total. The Morgan fingerprint density at radius 1 is 1.00 bits per heavy atom. The molecule has 0 aliphatic heterocycles. The molecule has 1 aromatic carbocycles. The first-order valence-corrected chi connectivity index (χ1v) is 8.84. The number of furan rings is 1. The Labute approximate surface area is 152 Å². The van der Waals surface area contributed by atoms with Crippen LogP contribution >= 0.6 is 0 Å². The molecule has 4 rings (SSSR count). The quantitative estimate of drug-likeness (QED) is 0.434. The number of benzene rings is 1. The summed E-state index contributed by atoms with van der Waals surface area (Å²) in [6.07, 6.45) is 1.98. The van der Waals surface area contributed by atoms with E-state index in [1.165, 1.54) is 5.56 Å². The molecule has 0 atom stereocenters. The number of ether oxygens (including phenoxy) is 1. The number of carbonyl (C=O) groups excluding carboxylic acids is 1. The fraction of sp³-hybridized carbons (Fsp3) is 0.174. The normalized spacial score (nSPS) is 11.2. The van der Waals surface area contributed by atoms with Crippen molar-refractivity contribution < 1.29 is 13.9 Å². The molecule has 0 spiro atoms. The molecule has 1 heterocycles. The molecule has 0 radical (unpaired) electrons. The van der Waals surface area contributed by atoms with Crippen LogP contribution in [-0.2, 0) is 6.42 Å². The van der Waals surface area contributed by atoms with Crippen molar-refractivity contribution in [3.05, 3.63) is 77.6 Å². The van der Waals surface area contributed by atoms with Gasteiger partial charge in [0, 0.05) is 10.9 Å². The number of hydrogen-bond acceptors (Lipinski definition) is 3. The first-order chi connectivity index (χ1) is 12.7. The van der Waals surface area contributed by atoms with Crippen LogP contribution in [0, 0.1) is 0 Å². The van der Waals surface area contributed by atoms with Gasteiger partial charge < -0.3 is 9.15 Å². The molecule has 0 amide bonds. The highest BCUT2D eigenvalue weighted by Gasteiger charge is 2.23. The molecule has 0 bridgehead atoms. The predicted molar refractivity (Wildman–Crippen MR) is 103 cm³/mol. The standard InChI is InChI=1S/C23H20O3/c1-3-8-15-13-19(18-11-6-4-5-10-17(15)18)22(24)21-14-16-9-7-12-20(25-2)23(16)26-21/h4-7,9-14H,3,8H2,1-2H3. The van der Waals surface area contributed by atoms with Gasteiger partial charge in [-0.25, -0.2) is 0 Å². The van der Waals surface area contributed by atoms with Crippen molar-refractivity contribution in [2.45, 2.75) is 19.8 Å². The third-order valence-electron chi connectivity index (χ3n) is 4.71. The monoisotopic (exact) mass is 344 g/mol. The third kappa shape index (κ3) is 2.66. The van der Waals surface area contributed by atoms with E-state index < -0.39 is 0 Å². The van der Waals surface area contributed by atoms with Crippen LogP contribution in [0.3, 0.4) is 0 Å². The molecule has 130 valence electrons. The molecule has 2 aliphatic rings. The number of fused-ring (bicyclic) bond motifs is 2. The van der Waals surface area contributed by atoms with Gasteiger partial charge in [-0.3, -0.25) is 4.79 Å². The summed E-state index contributed by atoms with van der Waals surface area (Å²) < 4.78 is 11.2. The molecular weight excluding hydrogens is 324 g/mol. The maximum Gasteiger partial charge on any atom is 0.228 e. The second-order valence-electron chi connectivity index (χ2n) is 6.39. The maximum absolute atomic E-state index is 13.2. The van der Waals surface area contributed by atoms with E-state index in [4.69, 9.17) is 9.15 Å². The van der Waals surface area contributed by atoms with Crippen molar-refractivity contribution in [1.82, 2.24) is 0 Å². The van der Waals surface area contributed by atoms with E-state index in [0.29, 0.717) is 22.7 Å². The van der Waals surface area contributed by atoms with Crippen molar-refractivity contribution in [1.29, 1.82) is 0 Å². The van der Waals surface area contributed by atoms with Crippen molar-refractivity contribution in [3.63, 3.8) is 0 Å². The van der Waals surface area contributed by atoms with E-state index in [-0.39, 0.29) is 5.78 Å². The van der Waals surface area contributed by atoms with Crippen molar-refractivity contribution in [3.8, 4) is 16.9 Å². The van der Waals surface area contributed by atoms with E-state index in [1.807, 2.05) is 48.5 Å². The summed E-state index contributed by atoms with van der Waals surface area (Å²) in [7, 11) is 1.60. The Hall–Kier alpha value is -3.07. The van der Waals surface area contributed by atoms with Gasteiger partial charge in [0.15, 0.2) is 17.1 Å². The summed E-state index contributed by atoms with van der Waals surface area (Å²) in [6.45, 7) is 2.15. The second-order valence-corrected chi connectivity index (χ2v) is 6.39. The van der Waals surface area contributed by atoms with Crippen LogP contribution in [0.15, 0.2) is 65.1 Å². The van der Waals surface area contributed by atoms with E-state index in [0.717, 1.165) is 29.4 Å². The van der Waals surface area contributed by atoms with Gasteiger partial charge >= 0.3 is 0 Å². The lowest BCUT2D eigenvalue weighted by atomic mass is 10.0. The first-order valence-electron chi connectivity index (χ1n) is 8.84. The van der Waals surface area contributed by atoms with E-state index >= 15 is 0 Å². The zero-order valence-corrected chi connectivity index (χ0v) is 14.9. The van der Waals surface area contributed by atoms with Gasteiger partial charge in [-0.1, -0.05) is 55.8 Å². The summed E-state index contributed by atoms with van der Waals surface area (Å²) in [4.78, 5) is 13.2. The SMILES string of the molecule is CCCc1cc(C(=O)c2cc3cccc(OC)c3o2)c2cccccc1-2. The fourth-order valence-electron chi connectivity index (χ4n) is 3.50. The average molecular weight is 344 g/mol. The molecule has 3 heteroatoms. The van der Waals surface area contributed by atoms with Crippen LogP contribution in [0.25, 0.3) is 22.1 Å². The first kappa shape index (κ1) is 16.4. The molecule has 1 aromatic heterocycles. The molecule has 26 heavy (non-hydrogen) atoms. The van der Waals surface area contributed by atoms with E-state index in [1.54, 1.807) is 13.2 Å². The average Bonchev–Trinajstić information content (AvgIpc) is 3.14. The minimum absolute atomic E-state index is 0.0955. The van der Waals surface area contributed by atoms with Gasteiger partial charge in [-0.15, -0.1) is 0 Å². The highest BCUT2D eigenvalue weighted by Crippen LogP contribution is 2.36. The topological polar surface area (TPSA) is 39.4 Å². The van der Waals surface area contributed by atoms with Crippen LogP contribution in [-0.4, -0.2) is 12.9 Å². The molecule has 0 saturated carbocycles. The molecule has 2 aliphatic carbocycles. The van der Waals surface area contributed by atoms with Crippen molar-refractivity contribution >= 4 is 16.8 Å². The van der Waals surface area contributed by atoms with Crippen molar-refractivity contribution in [2.75, 3.05) is 7.11 Å². The van der Waals surface area contributed by atoms with Crippen molar-refractivity contribution in [2.24, 2.45) is 0 Å². The minimum atomic E-state index is -0.0955. The fourth-order valence-corrected chi connectivity index (χ4v) is 3.50. The lowest BCUT2D eigenvalue weighted by molar-refractivity contribution is 0.101. The Kier molecular flexibility index (Phi) is 4.21. The van der Waals surface area contributed by atoms with Gasteiger partial charge in [0.1, 0.15) is 0 Å². The van der Waals surface area contributed by atoms with Crippen LogP contribution in [0.5, 0.6) is 5.75 Å². The highest BCUT2D eigenvalue weighted by molar-refractivity contribution is 6.14. The van der Waals surface area contributed by atoms with Crippen LogP contribution in [0.2, 0.25) is 0 Å². The zero-order chi connectivity index (χ0) is 18.1. The largest absolute Gasteiger partial charge is 0.493 e. The summed E-state index contributed by atoms with van der Waals surface area (Å²) in [5.74, 6) is 0.875. The summed E-state index contributed by atoms with van der Waals surface area (Å²) in [5, 5.41) is 0.864. The summed E-state index contributed by atoms with van der Waals surface area (Å²) in [5.41, 5.74) is 4.60. The Morgan fingerprint density at radius 3 is 2.58 bits per heavy atom. The number of carbonyl (C=O) groups is 1. The maximum atomic E-state index is 13.2. The molecular formula is C23H20O3. The lowest BCUT2D eigenvalue weighted by Gasteiger charge is -2.00. The predicted octanol–water partition coefficient (Wildman–Crippen LogP) is 5.73. The molecule has 0 saturated heterocycles. The third-order valence-corrected chi connectivity index (χ3v) is 4.71. The summed E-state index contributed by atoms with van der Waals surface area (Å²) in [6, 6.07) is 19.5. The Bertz CT molecular complexity index is 1060. The van der Waals surface area contributed by atoms with Crippen LogP contribution < -0.4 is 4.74 Å². The lowest BCUT2D eigenvalue weighted by Crippen LogP contribution is -1.98. The van der Waals surface area contributed by atoms with Crippen LogP contribution in [0.4, 0.5) is 0 Å². The zero-order valence-electron chi connectivity index (χ0n) is 14.9. The van der Waals surface area contributed by atoms with Gasteiger partial charge in [0.25, 0.3) is 0 Å².